The molecule has 1 aliphatic rings. The van der Waals surface area contributed by atoms with E-state index in [-0.39, 0.29) is 11.3 Å². The zero-order valence-electron chi connectivity index (χ0n) is 19.1. The summed E-state index contributed by atoms with van der Waals surface area (Å²) in [6, 6.07) is 8.93. The molecular formula is C25H26N4O4S. The summed E-state index contributed by atoms with van der Waals surface area (Å²) in [6.45, 7) is 2.00. The minimum Gasteiger partial charge on any atom is -0.451 e. The number of fused-ring (bicyclic) bond motifs is 2. The van der Waals surface area contributed by atoms with Gasteiger partial charge in [-0.05, 0) is 37.3 Å². The van der Waals surface area contributed by atoms with Gasteiger partial charge in [0.2, 0.25) is 0 Å². The Morgan fingerprint density at radius 1 is 1.21 bits per heavy atom. The molecule has 1 aliphatic carbocycles. The first-order valence-electron chi connectivity index (χ1n) is 11.5. The Bertz CT molecular complexity index is 1340. The van der Waals surface area contributed by atoms with Crippen molar-refractivity contribution < 1.29 is 14.3 Å². The number of anilines is 1. The predicted molar refractivity (Wildman–Crippen MR) is 130 cm³/mol. The van der Waals surface area contributed by atoms with Gasteiger partial charge in [0.25, 0.3) is 11.5 Å². The molecule has 0 saturated carbocycles. The second-order valence-electron chi connectivity index (χ2n) is 8.28. The van der Waals surface area contributed by atoms with Crippen LogP contribution >= 0.6 is 11.3 Å². The molecule has 8 nitrogen and oxygen atoms in total. The van der Waals surface area contributed by atoms with E-state index in [0.717, 1.165) is 55.4 Å². The number of nitrogens with zero attached hydrogens (tertiary/aromatic N) is 3. The van der Waals surface area contributed by atoms with Crippen LogP contribution < -0.4 is 10.9 Å². The molecule has 3 aromatic rings. The quantitative estimate of drug-likeness (QED) is 0.364. The average molecular weight is 479 g/mol. The number of aromatic nitrogens is 2. The smallest absolute Gasteiger partial charge is 0.359 e. The van der Waals surface area contributed by atoms with Crippen molar-refractivity contribution in [2.75, 3.05) is 11.9 Å². The molecule has 2 aromatic heterocycles. The van der Waals surface area contributed by atoms with Gasteiger partial charge < -0.3 is 10.1 Å². The lowest BCUT2D eigenvalue weighted by Gasteiger charge is -2.11. The van der Waals surface area contributed by atoms with E-state index < -0.39 is 18.5 Å². The number of carbonyl (C=O) groups excluding carboxylic acids is 2. The van der Waals surface area contributed by atoms with Crippen LogP contribution in [0.25, 0.3) is 10.8 Å². The van der Waals surface area contributed by atoms with E-state index in [1.165, 1.54) is 16.0 Å². The molecule has 1 aromatic carbocycles. The Balaban J connectivity index is 1.48. The molecule has 0 spiro atoms. The minimum atomic E-state index is -0.775. The van der Waals surface area contributed by atoms with E-state index in [2.05, 4.69) is 23.4 Å². The number of hydrogen-bond acceptors (Lipinski definition) is 7. The third kappa shape index (κ3) is 4.87. The zero-order chi connectivity index (χ0) is 24.1. The van der Waals surface area contributed by atoms with Crippen molar-refractivity contribution in [2.24, 2.45) is 0 Å². The first kappa shape index (κ1) is 23.6. The van der Waals surface area contributed by atoms with Crippen LogP contribution in [-0.2, 0) is 28.9 Å². The number of unbranched alkanes of at least 4 members (excludes halogenated alkanes) is 3. The van der Waals surface area contributed by atoms with Gasteiger partial charge in [0.15, 0.2) is 12.3 Å². The highest BCUT2D eigenvalue weighted by molar-refractivity contribution is 7.16. The van der Waals surface area contributed by atoms with Crippen molar-refractivity contribution in [3.05, 3.63) is 56.3 Å². The predicted octanol–water partition coefficient (Wildman–Crippen LogP) is 4.19. The fraction of sp³-hybridized carbons (Fsp3) is 0.400. The van der Waals surface area contributed by atoms with Crippen LogP contribution in [0.5, 0.6) is 0 Å². The van der Waals surface area contributed by atoms with E-state index in [0.29, 0.717) is 27.9 Å². The highest BCUT2D eigenvalue weighted by atomic mass is 32.1. The number of aryl methyl sites for hydroxylation is 2. The highest BCUT2D eigenvalue weighted by Gasteiger charge is 2.24. The van der Waals surface area contributed by atoms with Gasteiger partial charge in [0.1, 0.15) is 11.1 Å². The van der Waals surface area contributed by atoms with E-state index in [1.54, 1.807) is 24.3 Å². The topological polar surface area (TPSA) is 114 Å². The lowest BCUT2D eigenvalue weighted by molar-refractivity contribution is -0.119. The summed E-state index contributed by atoms with van der Waals surface area (Å²) in [5.74, 6) is -1.30. The molecule has 2 heterocycles. The summed E-state index contributed by atoms with van der Waals surface area (Å²) in [5.41, 5.74) is 1.26. The molecule has 0 saturated heterocycles. The monoisotopic (exact) mass is 478 g/mol. The summed E-state index contributed by atoms with van der Waals surface area (Å²) >= 11 is 1.40. The van der Waals surface area contributed by atoms with Crippen LogP contribution in [0.4, 0.5) is 5.00 Å². The third-order valence-electron chi connectivity index (χ3n) is 5.90. The second kappa shape index (κ2) is 10.6. The van der Waals surface area contributed by atoms with Gasteiger partial charge in [-0.15, -0.1) is 11.3 Å². The number of ether oxygens (including phenoxy) is 1. The SMILES string of the molecule is CCCCCCn1nc(C(=O)OCC(=O)Nc2sc3c(c2C#N)CCC3)c2ccccc2c1=O. The molecule has 176 valence electrons. The van der Waals surface area contributed by atoms with Gasteiger partial charge in [-0.2, -0.15) is 10.4 Å². The Labute approximate surface area is 201 Å². The molecule has 0 fully saturated rings. The number of nitriles is 1. The Kier molecular flexibility index (Phi) is 7.38. The number of benzene rings is 1. The molecule has 1 amide bonds. The maximum Gasteiger partial charge on any atom is 0.359 e. The van der Waals surface area contributed by atoms with E-state index in [4.69, 9.17) is 4.74 Å². The van der Waals surface area contributed by atoms with E-state index in [1.807, 2.05) is 0 Å². The van der Waals surface area contributed by atoms with Crippen molar-refractivity contribution in [2.45, 2.75) is 58.4 Å². The van der Waals surface area contributed by atoms with Gasteiger partial charge in [-0.3, -0.25) is 9.59 Å². The summed E-state index contributed by atoms with van der Waals surface area (Å²) in [5, 5.41) is 17.7. The Morgan fingerprint density at radius 3 is 2.76 bits per heavy atom. The van der Waals surface area contributed by atoms with Crippen LogP contribution in [-0.4, -0.2) is 28.3 Å². The van der Waals surface area contributed by atoms with E-state index >= 15 is 0 Å². The van der Waals surface area contributed by atoms with Gasteiger partial charge >= 0.3 is 5.97 Å². The Morgan fingerprint density at radius 2 is 2.00 bits per heavy atom. The molecule has 4 rings (SSSR count). The van der Waals surface area contributed by atoms with E-state index in [9.17, 15) is 19.6 Å². The molecule has 0 bridgehead atoms. The molecule has 34 heavy (non-hydrogen) atoms. The first-order chi connectivity index (χ1) is 16.5. The molecule has 0 radical (unpaired) electrons. The van der Waals surface area contributed by atoms with Crippen LogP contribution in [0, 0.1) is 11.3 Å². The molecular weight excluding hydrogens is 452 g/mol. The normalized spacial score (nSPS) is 12.4. The van der Waals surface area contributed by atoms with Crippen molar-refractivity contribution in [1.82, 2.24) is 9.78 Å². The number of carbonyl (C=O) groups is 2. The fourth-order valence-corrected chi connectivity index (χ4v) is 5.45. The number of rotatable bonds is 9. The lowest BCUT2D eigenvalue weighted by atomic mass is 10.1. The number of thiophene rings is 1. The first-order valence-corrected chi connectivity index (χ1v) is 12.4. The average Bonchev–Trinajstić information content (AvgIpc) is 3.42. The molecule has 0 aliphatic heterocycles. The molecule has 0 unspecified atom stereocenters. The number of esters is 1. The maximum absolute atomic E-state index is 12.9. The van der Waals surface area contributed by atoms with Crippen molar-refractivity contribution in [1.29, 1.82) is 5.26 Å². The number of amides is 1. The van der Waals surface area contributed by atoms with Crippen molar-refractivity contribution in [3.63, 3.8) is 0 Å². The van der Waals surface area contributed by atoms with Gasteiger partial charge in [-0.25, -0.2) is 9.48 Å². The minimum absolute atomic E-state index is 0.00584. The Hall–Kier alpha value is -3.51. The number of hydrogen-bond donors (Lipinski definition) is 1. The molecule has 1 N–H and O–H groups in total. The number of nitrogens with one attached hydrogen (secondary N) is 1. The zero-order valence-corrected chi connectivity index (χ0v) is 19.9. The third-order valence-corrected chi connectivity index (χ3v) is 7.11. The van der Waals surface area contributed by atoms with Crippen LogP contribution in [0.3, 0.4) is 0 Å². The summed E-state index contributed by atoms with van der Waals surface area (Å²) in [7, 11) is 0. The van der Waals surface area contributed by atoms with Gasteiger partial charge in [0, 0.05) is 16.8 Å². The standard InChI is InChI=1S/C25H26N4O4S/c1-2-3-4-7-13-29-24(31)18-10-6-5-9-17(18)22(28-29)25(32)33-15-21(30)27-23-19(14-26)16-11-8-12-20(16)34-23/h5-6,9-10H,2-4,7-8,11-13,15H2,1H3,(H,27,30). The van der Waals surface area contributed by atoms with Gasteiger partial charge in [0.05, 0.1) is 10.9 Å². The second-order valence-corrected chi connectivity index (χ2v) is 9.39. The highest BCUT2D eigenvalue weighted by Crippen LogP contribution is 2.38. The summed E-state index contributed by atoms with van der Waals surface area (Å²) in [6.07, 6.45) is 6.65. The fourth-order valence-electron chi connectivity index (χ4n) is 4.20. The van der Waals surface area contributed by atoms with Crippen LogP contribution in [0.15, 0.2) is 29.1 Å². The van der Waals surface area contributed by atoms with Crippen LogP contribution in [0.2, 0.25) is 0 Å². The van der Waals surface area contributed by atoms with Gasteiger partial charge in [-0.1, -0.05) is 44.4 Å². The summed E-state index contributed by atoms with van der Waals surface area (Å²) in [4.78, 5) is 39.3. The molecule has 9 heteroatoms. The van der Waals surface area contributed by atoms with Crippen molar-refractivity contribution >= 4 is 39.0 Å². The van der Waals surface area contributed by atoms with Crippen molar-refractivity contribution in [3.8, 4) is 6.07 Å². The van der Waals surface area contributed by atoms with Crippen LogP contribution in [0.1, 0.15) is 65.5 Å². The summed E-state index contributed by atoms with van der Waals surface area (Å²) < 4.78 is 6.56. The molecule has 0 atom stereocenters. The maximum atomic E-state index is 12.9. The largest absolute Gasteiger partial charge is 0.451 e. The lowest BCUT2D eigenvalue weighted by Crippen LogP contribution is -2.28.